The number of nitrogens with zero attached hydrogens (tertiary/aromatic N) is 1. The number of ether oxygens (including phenoxy) is 1. The number of carbonyl (C=O) groups excluding carboxylic acids is 1. The van der Waals surface area contributed by atoms with Gasteiger partial charge in [-0.15, -0.1) is 0 Å². The van der Waals surface area contributed by atoms with Gasteiger partial charge in [-0.1, -0.05) is 0 Å². The molecule has 0 saturated carbocycles. The van der Waals surface area contributed by atoms with Gasteiger partial charge in [0.1, 0.15) is 5.60 Å². The highest BCUT2D eigenvalue weighted by atomic mass is 16.6. The molecule has 1 aromatic rings. The molecule has 0 amide bonds. The molecule has 0 aliphatic rings. The van der Waals surface area contributed by atoms with Crippen LogP contribution in [0.25, 0.3) is 0 Å². The molecule has 8 heteroatoms. The number of carbonyl (C=O) groups is 2. The van der Waals surface area contributed by atoms with Crippen LogP contribution in [0.3, 0.4) is 0 Å². The maximum absolute atomic E-state index is 12.1. The Bertz CT molecular complexity index is 590. The van der Waals surface area contributed by atoms with E-state index in [2.05, 4.69) is 5.32 Å². The number of anilines is 1. The van der Waals surface area contributed by atoms with Crippen molar-refractivity contribution in [3.05, 3.63) is 34.4 Å². The molecule has 1 atom stereocenters. The maximum atomic E-state index is 12.1. The van der Waals surface area contributed by atoms with Crippen LogP contribution in [0.5, 0.6) is 0 Å². The summed E-state index contributed by atoms with van der Waals surface area (Å²) in [5, 5.41) is 22.5. The maximum Gasteiger partial charge on any atom is 0.343 e. The first-order valence-corrected chi connectivity index (χ1v) is 6.45. The van der Waals surface area contributed by atoms with E-state index in [4.69, 9.17) is 4.74 Å². The molecule has 0 aromatic heterocycles. The number of aliphatic carboxylic acids is 1. The van der Waals surface area contributed by atoms with Gasteiger partial charge in [0.25, 0.3) is 5.69 Å². The minimum atomic E-state index is -2.01. The van der Waals surface area contributed by atoms with Gasteiger partial charge >= 0.3 is 11.9 Å². The van der Waals surface area contributed by atoms with Crippen LogP contribution in [-0.2, 0) is 14.3 Å². The zero-order valence-corrected chi connectivity index (χ0v) is 12.7. The summed E-state index contributed by atoms with van der Waals surface area (Å²) >= 11 is 0. The number of non-ortho nitro benzene ring substituents is 1. The molecule has 22 heavy (non-hydrogen) atoms. The van der Waals surface area contributed by atoms with Crippen molar-refractivity contribution in [1.29, 1.82) is 0 Å². The van der Waals surface area contributed by atoms with Gasteiger partial charge in [0.05, 0.1) is 4.92 Å². The minimum Gasteiger partial charge on any atom is -0.479 e. The third kappa shape index (κ3) is 4.18. The summed E-state index contributed by atoms with van der Waals surface area (Å²) in [5.74, 6) is -2.37. The zero-order chi connectivity index (χ0) is 17.1. The van der Waals surface area contributed by atoms with E-state index in [9.17, 15) is 24.8 Å². The van der Waals surface area contributed by atoms with Gasteiger partial charge in [0.15, 0.2) is 0 Å². The predicted molar refractivity (Wildman–Crippen MR) is 78.6 cm³/mol. The van der Waals surface area contributed by atoms with Crippen LogP contribution in [0.2, 0.25) is 0 Å². The smallest absolute Gasteiger partial charge is 0.343 e. The fraction of sp³-hybridized carbons (Fsp3) is 0.429. The number of hydrogen-bond acceptors (Lipinski definition) is 6. The Morgan fingerprint density at radius 3 is 2.05 bits per heavy atom. The first-order chi connectivity index (χ1) is 9.95. The number of hydrogen-bond donors (Lipinski definition) is 2. The third-order valence-electron chi connectivity index (χ3n) is 2.71. The van der Waals surface area contributed by atoms with Gasteiger partial charge in [-0.25, -0.2) is 9.59 Å². The number of carboxylic acid groups (broad SMARTS) is 1. The van der Waals surface area contributed by atoms with E-state index < -0.39 is 28.0 Å². The van der Waals surface area contributed by atoms with Gasteiger partial charge in [0, 0.05) is 17.8 Å². The van der Waals surface area contributed by atoms with Crippen LogP contribution in [0.1, 0.15) is 27.7 Å². The fourth-order valence-electron chi connectivity index (χ4n) is 1.53. The SMILES string of the molecule is CC(C)(C)OC(=O)[C@](C)(Nc1ccc([N+](=O)[O-])cc1)C(=O)O. The van der Waals surface area contributed by atoms with Crippen molar-refractivity contribution < 1.29 is 24.4 Å². The van der Waals surface area contributed by atoms with Crippen molar-refractivity contribution in [2.75, 3.05) is 5.32 Å². The van der Waals surface area contributed by atoms with E-state index in [1.807, 2.05) is 0 Å². The lowest BCUT2D eigenvalue weighted by Gasteiger charge is -2.29. The minimum absolute atomic E-state index is 0.139. The fourth-order valence-corrected chi connectivity index (χ4v) is 1.53. The van der Waals surface area contributed by atoms with Gasteiger partial charge in [-0.05, 0) is 39.8 Å². The van der Waals surface area contributed by atoms with E-state index in [0.29, 0.717) is 0 Å². The number of benzene rings is 1. The molecule has 2 N–H and O–H groups in total. The molecule has 0 bridgehead atoms. The Balaban J connectivity index is 3.03. The topological polar surface area (TPSA) is 119 Å². The Labute approximate surface area is 127 Å². The average molecular weight is 310 g/mol. The Hall–Kier alpha value is -2.64. The quantitative estimate of drug-likeness (QED) is 0.370. The molecule has 120 valence electrons. The third-order valence-corrected chi connectivity index (χ3v) is 2.71. The predicted octanol–water partition coefficient (Wildman–Crippen LogP) is 2.19. The molecule has 0 heterocycles. The van der Waals surface area contributed by atoms with Crippen LogP contribution >= 0.6 is 0 Å². The number of nitro benzene ring substituents is 1. The van der Waals surface area contributed by atoms with Gasteiger partial charge in [-0.3, -0.25) is 10.1 Å². The highest BCUT2D eigenvalue weighted by Crippen LogP contribution is 2.22. The summed E-state index contributed by atoms with van der Waals surface area (Å²) in [5.41, 5.74) is -2.74. The van der Waals surface area contributed by atoms with Gasteiger partial charge < -0.3 is 15.2 Å². The molecular weight excluding hydrogens is 292 g/mol. The van der Waals surface area contributed by atoms with Crippen LogP contribution in [0.15, 0.2) is 24.3 Å². The lowest BCUT2D eigenvalue weighted by atomic mass is 10.0. The first kappa shape index (κ1) is 17.4. The van der Waals surface area contributed by atoms with Gasteiger partial charge in [-0.2, -0.15) is 0 Å². The lowest BCUT2D eigenvalue weighted by molar-refractivity contribution is -0.384. The van der Waals surface area contributed by atoms with Crippen molar-refractivity contribution in [2.24, 2.45) is 0 Å². The summed E-state index contributed by atoms with van der Waals surface area (Å²) in [7, 11) is 0. The standard InChI is InChI=1S/C14H18N2O6/c1-13(2,3)22-12(19)14(4,11(17)18)15-9-5-7-10(8-6-9)16(20)21/h5-8,15H,1-4H3,(H,17,18)/t14-/m1/s1. The van der Waals surface area contributed by atoms with Crippen LogP contribution in [0, 0.1) is 10.1 Å². The Kier molecular flexibility index (Phi) is 4.75. The van der Waals surface area contributed by atoms with Crippen molar-refractivity contribution in [2.45, 2.75) is 38.8 Å². The summed E-state index contributed by atoms with van der Waals surface area (Å²) in [4.78, 5) is 33.6. The van der Waals surface area contributed by atoms with E-state index >= 15 is 0 Å². The summed E-state index contributed by atoms with van der Waals surface area (Å²) < 4.78 is 5.11. The highest BCUT2D eigenvalue weighted by Gasteiger charge is 2.44. The van der Waals surface area contributed by atoms with Crippen LogP contribution in [-0.4, -0.2) is 33.1 Å². The highest BCUT2D eigenvalue weighted by molar-refractivity contribution is 6.06. The summed E-state index contributed by atoms with van der Waals surface area (Å²) in [6.45, 7) is 6.04. The Morgan fingerprint density at radius 2 is 1.68 bits per heavy atom. The second-order valence-electron chi connectivity index (χ2n) is 5.86. The number of rotatable bonds is 5. The normalized spacial score (nSPS) is 13.8. The monoisotopic (exact) mass is 310 g/mol. The van der Waals surface area contributed by atoms with Gasteiger partial charge in [0.2, 0.25) is 5.54 Å². The van der Waals surface area contributed by atoms with E-state index in [0.717, 1.165) is 0 Å². The number of nitrogens with one attached hydrogen (secondary N) is 1. The van der Waals surface area contributed by atoms with E-state index in [1.165, 1.54) is 31.2 Å². The molecule has 1 aromatic carbocycles. The molecule has 0 aliphatic carbocycles. The van der Waals surface area contributed by atoms with Crippen molar-refractivity contribution in [3.63, 3.8) is 0 Å². The number of nitro groups is 1. The molecule has 8 nitrogen and oxygen atoms in total. The first-order valence-electron chi connectivity index (χ1n) is 6.45. The molecule has 0 saturated heterocycles. The van der Waals surface area contributed by atoms with Crippen LogP contribution in [0.4, 0.5) is 11.4 Å². The molecule has 0 spiro atoms. The van der Waals surface area contributed by atoms with E-state index in [1.54, 1.807) is 20.8 Å². The number of esters is 1. The summed E-state index contributed by atoms with van der Waals surface area (Å²) in [6, 6.07) is 5.06. The largest absolute Gasteiger partial charge is 0.479 e. The molecule has 0 radical (unpaired) electrons. The second-order valence-corrected chi connectivity index (χ2v) is 5.86. The summed E-state index contributed by atoms with van der Waals surface area (Å²) in [6.07, 6.45) is 0. The van der Waals surface area contributed by atoms with E-state index in [-0.39, 0.29) is 11.4 Å². The molecule has 0 aliphatic heterocycles. The van der Waals surface area contributed by atoms with Crippen molar-refractivity contribution in [1.82, 2.24) is 0 Å². The van der Waals surface area contributed by atoms with Crippen molar-refractivity contribution >= 4 is 23.3 Å². The zero-order valence-electron chi connectivity index (χ0n) is 12.7. The second kappa shape index (κ2) is 6.00. The Morgan fingerprint density at radius 1 is 1.18 bits per heavy atom. The lowest BCUT2D eigenvalue weighted by Crippen LogP contribution is -2.53. The molecule has 0 fully saturated rings. The molecule has 1 rings (SSSR count). The molecule has 0 unspecified atom stereocenters. The number of carboxylic acids is 1. The molecular formula is C14H18N2O6. The van der Waals surface area contributed by atoms with Crippen molar-refractivity contribution in [3.8, 4) is 0 Å². The van der Waals surface area contributed by atoms with Crippen LogP contribution < -0.4 is 5.32 Å². The average Bonchev–Trinajstić information content (AvgIpc) is 2.36.